The summed E-state index contributed by atoms with van der Waals surface area (Å²) in [5, 5.41) is 12.8. The van der Waals surface area contributed by atoms with E-state index >= 15 is 0 Å². The highest BCUT2D eigenvalue weighted by Crippen LogP contribution is 2.38. The molecule has 1 aliphatic heterocycles. The van der Waals surface area contributed by atoms with Gasteiger partial charge in [0, 0.05) is 17.9 Å². The van der Waals surface area contributed by atoms with Crippen LogP contribution < -0.4 is 10.1 Å². The van der Waals surface area contributed by atoms with Gasteiger partial charge in [0.2, 0.25) is 5.91 Å². The Morgan fingerprint density at radius 1 is 1.22 bits per heavy atom. The second-order valence-electron chi connectivity index (χ2n) is 6.26. The number of hydrogen-bond acceptors (Lipinski definition) is 3. The smallest absolute Gasteiger partial charge is 0.306 e. The van der Waals surface area contributed by atoms with E-state index in [0.29, 0.717) is 36.6 Å². The first-order chi connectivity index (χ1) is 11.1. The van der Waals surface area contributed by atoms with Gasteiger partial charge < -0.3 is 15.2 Å². The number of halogens is 1. The molecule has 6 heteroatoms. The zero-order valence-electron chi connectivity index (χ0n) is 12.8. The summed E-state index contributed by atoms with van der Waals surface area (Å²) in [7, 11) is 0. The maximum atomic E-state index is 12.6. The van der Waals surface area contributed by atoms with Gasteiger partial charge in [0.05, 0.1) is 23.6 Å². The second kappa shape index (κ2) is 6.79. The summed E-state index contributed by atoms with van der Waals surface area (Å²) in [6, 6.07) is 5.39. The maximum absolute atomic E-state index is 12.6. The molecule has 2 N–H and O–H groups in total. The molecule has 1 heterocycles. The summed E-state index contributed by atoms with van der Waals surface area (Å²) in [5.74, 6) is -0.858. The van der Waals surface area contributed by atoms with Crippen LogP contribution in [0.3, 0.4) is 0 Å². The minimum absolute atomic E-state index is 0.0613. The molecule has 2 aliphatic rings. The SMILES string of the molecule is O=C(O)C1CCCC(C(=O)NC2CCOc3c(Cl)cccc32)C1. The zero-order valence-corrected chi connectivity index (χ0v) is 13.5. The number of amides is 1. The van der Waals surface area contributed by atoms with Crippen LogP contribution in [0.15, 0.2) is 18.2 Å². The lowest BCUT2D eigenvalue weighted by Gasteiger charge is -2.31. The molecule has 23 heavy (non-hydrogen) atoms. The summed E-state index contributed by atoms with van der Waals surface area (Å²) in [4.78, 5) is 23.7. The lowest BCUT2D eigenvalue weighted by Crippen LogP contribution is -2.39. The lowest BCUT2D eigenvalue weighted by molar-refractivity contribution is -0.144. The fraction of sp³-hybridized carbons (Fsp3) is 0.529. The molecule has 3 unspecified atom stereocenters. The normalized spacial score (nSPS) is 26.7. The number of carbonyl (C=O) groups is 2. The Balaban J connectivity index is 1.69. The molecule has 124 valence electrons. The predicted molar refractivity (Wildman–Crippen MR) is 85.5 cm³/mol. The van der Waals surface area contributed by atoms with Crippen LogP contribution in [0.5, 0.6) is 5.75 Å². The molecule has 1 fully saturated rings. The summed E-state index contributed by atoms with van der Waals surface area (Å²) >= 11 is 6.14. The van der Waals surface area contributed by atoms with Gasteiger partial charge in [-0.2, -0.15) is 0 Å². The van der Waals surface area contributed by atoms with E-state index < -0.39 is 11.9 Å². The van der Waals surface area contributed by atoms with Gasteiger partial charge in [-0.15, -0.1) is 0 Å². The monoisotopic (exact) mass is 337 g/mol. The lowest BCUT2D eigenvalue weighted by atomic mass is 9.81. The van der Waals surface area contributed by atoms with Crippen molar-refractivity contribution in [3.8, 4) is 5.75 Å². The molecule has 3 atom stereocenters. The third kappa shape index (κ3) is 3.44. The Morgan fingerprint density at radius 2 is 2.00 bits per heavy atom. The van der Waals surface area contributed by atoms with Crippen molar-refractivity contribution < 1.29 is 19.4 Å². The number of ether oxygens (including phenoxy) is 1. The molecule has 0 saturated heterocycles. The van der Waals surface area contributed by atoms with Crippen molar-refractivity contribution >= 4 is 23.5 Å². The molecule has 5 nitrogen and oxygen atoms in total. The Bertz CT molecular complexity index is 619. The highest BCUT2D eigenvalue weighted by Gasteiger charge is 2.33. The van der Waals surface area contributed by atoms with Gasteiger partial charge in [-0.1, -0.05) is 30.2 Å². The summed E-state index contributed by atoms with van der Waals surface area (Å²) in [6.45, 7) is 0.504. The molecule has 0 radical (unpaired) electrons. The van der Waals surface area contributed by atoms with E-state index in [1.807, 2.05) is 12.1 Å². The number of carboxylic acid groups (broad SMARTS) is 1. The Kier molecular flexibility index (Phi) is 4.76. The molecule has 0 bridgehead atoms. The number of aliphatic carboxylic acids is 1. The number of nitrogens with one attached hydrogen (secondary N) is 1. The second-order valence-corrected chi connectivity index (χ2v) is 6.66. The average Bonchev–Trinajstić information content (AvgIpc) is 2.56. The first-order valence-corrected chi connectivity index (χ1v) is 8.38. The molecule has 1 aromatic carbocycles. The fourth-order valence-corrected chi connectivity index (χ4v) is 3.71. The largest absolute Gasteiger partial charge is 0.492 e. The number of benzene rings is 1. The average molecular weight is 338 g/mol. The van der Waals surface area contributed by atoms with E-state index in [4.69, 9.17) is 21.4 Å². The zero-order chi connectivity index (χ0) is 16.4. The Morgan fingerprint density at radius 3 is 2.78 bits per heavy atom. The van der Waals surface area contributed by atoms with Crippen LogP contribution in [0.25, 0.3) is 0 Å². The van der Waals surface area contributed by atoms with Crippen molar-refractivity contribution in [3.63, 3.8) is 0 Å². The van der Waals surface area contributed by atoms with E-state index in [-0.39, 0.29) is 17.9 Å². The van der Waals surface area contributed by atoms with Crippen LogP contribution in [0, 0.1) is 11.8 Å². The van der Waals surface area contributed by atoms with E-state index in [9.17, 15) is 9.59 Å². The van der Waals surface area contributed by atoms with Gasteiger partial charge >= 0.3 is 5.97 Å². The first-order valence-electron chi connectivity index (χ1n) is 8.00. The van der Waals surface area contributed by atoms with Gasteiger partial charge in [-0.05, 0) is 25.3 Å². The topological polar surface area (TPSA) is 75.6 Å². The van der Waals surface area contributed by atoms with Crippen molar-refractivity contribution in [2.24, 2.45) is 11.8 Å². The molecule has 1 aromatic rings. The predicted octanol–water partition coefficient (Wildman–Crippen LogP) is 3.17. The number of fused-ring (bicyclic) bond motifs is 1. The van der Waals surface area contributed by atoms with E-state index in [0.717, 1.165) is 18.4 Å². The highest BCUT2D eigenvalue weighted by molar-refractivity contribution is 6.32. The van der Waals surface area contributed by atoms with Gasteiger partial charge in [0.1, 0.15) is 5.75 Å². The molecular weight excluding hydrogens is 318 g/mol. The molecule has 1 aliphatic carbocycles. The number of rotatable bonds is 3. The molecule has 0 aromatic heterocycles. The van der Waals surface area contributed by atoms with Crippen molar-refractivity contribution in [2.75, 3.05) is 6.61 Å². The molecular formula is C17H20ClNO4. The third-order valence-corrected chi connectivity index (χ3v) is 5.03. The van der Waals surface area contributed by atoms with Crippen molar-refractivity contribution in [2.45, 2.75) is 38.1 Å². The summed E-state index contributed by atoms with van der Waals surface area (Å²) in [6.07, 6.45) is 3.31. The van der Waals surface area contributed by atoms with E-state index in [2.05, 4.69) is 5.32 Å². The molecule has 0 spiro atoms. The summed E-state index contributed by atoms with van der Waals surface area (Å²) in [5.41, 5.74) is 0.891. The van der Waals surface area contributed by atoms with Crippen molar-refractivity contribution in [1.29, 1.82) is 0 Å². The minimum Gasteiger partial charge on any atom is -0.492 e. The van der Waals surface area contributed by atoms with Gasteiger partial charge in [-0.25, -0.2) is 0 Å². The molecule has 1 amide bonds. The Labute approximate surface area is 140 Å². The quantitative estimate of drug-likeness (QED) is 0.888. The van der Waals surface area contributed by atoms with Gasteiger partial charge in [0.15, 0.2) is 0 Å². The van der Waals surface area contributed by atoms with Crippen LogP contribution >= 0.6 is 11.6 Å². The number of hydrogen-bond donors (Lipinski definition) is 2. The van der Waals surface area contributed by atoms with Crippen LogP contribution in [-0.4, -0.2) is 23.6 Å². The standard InChI is InChI=1S/C17H20ClNO4/c18-13-6-2-5-12-14(7-8-23-15(12)13)19-16(20)10-3-1-4-11(9-10)17(21)22/h2,5-6,10-11,14H,1,3-4,7-9H2,(H,19,20)(H,21,22). The first kappa shape index (κ1) is 16.1. The fourth-order valence-electron chi connectivity index (χ4n) is 3.48. The maximum Gasteiger partial charge on any atom is 0.306 e. The van der Waals surface area contributed by atoms with Crippen LogP contribution in [0.1, 0.15) is 43.7 Å². The Hall–Kier alpha value is -1.75. The molecule has 3 rings (SSSR count). The molecule has 1 saturated carbocycles. The van der Waals surface area contributed by atoms with Gasteiger partial charge in [-0.3, -0.25) is 9.59 Å². The van der Waals surface area contributed by atoms with Crippen LogP contribution in [0.4, 0.5) is 0 Å². The van der Waals surface area contributed by atoms with E-state index in [1.54, 1.807) is 6.07 Å². The van der Waals surface area contributed by atoms with Crippen molar-refractivity contribution in [1.82, 2.24) is 5.32 Å². The van der Waals surface area contributed by atoms with Crippen molar-refractivity contribution in [3.05, 3.63) is 28.8 Å². The minimum atomic E-state index is -0.800. The van der Waals surface area contributed by atoms with E-state index in [1.165, 1.54) is 0 Å². The number of carbonyl (C=O) groups excluding carboxylic acids is 1. The van der Waals surface area contributed by atoms with Gasteiger partial charge in [0.25, 0.3) is 0 Å². The van der Waals surface area contributed by atoms with Crippen LogP contribution in [0.2, 0.25) is 5.02 Å². The summed E-state index contributed by atoms with van der Waals surface area (Å²) < 4.78 is 5.60. The number of para-hydroxylation sites is 1. The van der Waals surface area contributed by atoms with Crippen LogP contribution in [-0.2, 0) is 9.59 Å². The third-order valence-electron chi connectivity index (χ3n) is 4.74. The highest BCUT2D eigenvalue weighted by atomic mass is 35.5. The number of carboxylic acids is 1.